The summed E-state index contributed by atoms with van der Waals surface area (Å²) in [5.41, 5.74) is 1.34. The van der Waals surface area contributed by atoms with Crippen molar-refractivity contribution in [3.05, 3.63) is 48.0 Å². The minimum atomic E-state index is -0.160. The van der Waals surface area contributed by atoms with Gasteiger partial charge in [0, 0.05) is 32.1 Å². The molecular formula is C18H26N6O. The Balaban J connectivity index is 1.50. The summed E-state index contributed by atoms with van der Waals surface area (Å²) in [6, 6.07) is 10.4. The zero-order chi connectivity index (χ0) is 17.6. The fourth-order valence-corrected chi connectivity index (χ4v) is 3.50. The van der Waals surface area contributed by atoms with Crippen molar-refractivity contribution in [3.8, 4) is 0 Å². The van der Waals surface area contributed by atoms with Gasteiger partial charge in [-0.05, 0) is 25.5 Å². The second-order valence-corrected chi connectivity index (χ2v) is 6.60. The summed E-state index contributed by atoms with van der Waals surface area (Å²) in [6.07, 6.45) is 1.67. The van der Waals surface area contributed by atoms with Crippen molar-refractivity contribution in [1.29, 1.82) is 0 Å². The summed E-state index contributed by atoms with van der Waals surface area (Å²) >= 11 is 0. The minimum Gasteiger partial charge on any atom is -0.338 e. The van der Waals surface area contributed by atoms with Crippen LogP contribution < -0.4 is 10.6 Å². The SMILES string of the molecule is CCn1cnnc1CNC(=O)NC[C@@H]1CN(C)C[C@H]1c1ccccc1. The number of benzene rings is 1. The second-order valence-electron chi connectivity index (χ2n) is 6.60. The molecule has 2 atom stereocenters. The number of likely N-dealkylation sites (tertiary alicyclic amines) is 1. The average Bonchev–Trinajstić information content (AvgIpc) is 3.24. The van der Waals surface area contributed by atoms with Crippen LogP contribution in [-0.4, -0.2) is 52.4 Å². The van der Waals surface area contributed by atoms with Crippen LogP contribution in [-0.2, 0) is 13.1 Å². The van der Waals surface area contributed by atoms with Crippen LogP contribution in [0.25, 0.3) is 0 Å². The van der Waals surface area contributed by atoms with Gasteiger partial charge in [0.05, 0.1) is 6.54 Å². The number of likely N-dealkylation sites (N-methyl/N-ethyl adjacent to an activating group) is 1. The first-order valence-corrected chi connectivity index (χ1v) is 8.79. The van der Waals surface area contributed by atoms with E-state index in [1.54, 1.807) is 6.33 Å². The highest BCUT2D eigenvalue weighted by atomic mass is 16.2. The van der Waals surface area contributed by atoms with E-state index in [4.69, 9.17) is 0 Å². The van der Waals surface area contributed by atoms with Crippen LogP contribution >= 0.6 is 0 Å². The monoisotopic (exact) mass is 342 g/mol. The summed E-state index contributed by atoms with van der Waals surface area (Å²) in [7, 11) is 2.13. The van der Waals surface area contributed by atoms with Gasteiger partial charge < -0.3 is 20.1 Å². The molecule has 0 spiro atoms. The van der Waals surface area contributed by atoms with Crippen LogP contribution in [0.2, 0.25) is 0 Å². The summed E-state index contributed by atoms with van der Waals surface area (Å²) < 4.78 is 1.91. The van der Waals surface area contributed by atoms with Gasteiger partial charge in [-0.1, -0.05) is 30.3 Å². The Kier molecular flexibility index (Phi) is 5.65. The predicted molar refractivity (Wildman–Crippen MR) is 96.1 cm³/mol. The van der Waals surface area contributed by atoms with Crippen molar-refractivity contribution >= 4 is 6.03 Å². The first-order valence-electron chi connectivity index (χ1n) is 8.79. The van der Waals surface area contributed by atoms with E-state index in [-0.39, 0.29) is 6.03 Å². The number of carbonyl (C=O) groups excluding carboxylic acids is 1. The van der Waals surface area contributed by atoms with Crippen molar-refractivity contribution in [2.45, 2.75) is 25.9 Å². The lowest BCUT2D eigenvalue weighted by Gasteiger charge is -2.19. The van der Waals surface area contributed by atoms with Gasteiger partial charge in [-0.25, -0.2) is 4.79 Å². The van der Waals surface area contributed by atoms with E-state index >= 15 is 0 Å². The highest BCUT2D eigenvalue weighted by Gasteiger charge is 2.31. The molecule has 1 fully saturated rings. The molecule has 0 aliphatic carbocycles. The Morgan fingerprint density at radius 3 is 2.80 bits per heavy atom. The summed E-state index contributed by atoms with van der Waals surface area (Å²) in [5.74, 6) is 1.63. The third kappa shape index (κ3) is 4.36. The Hall–Kier alpha value is -2.41. The van der Waals surface area contributed by atoms with Crippen molar-refractivity contribution in [2.75, 3.05) is 26.7 Å². The molecule has 7 nitrogen and oxygen atoms in total. The maximum absolute atomic E-state index is 12.1. The van der Waals surface area contributed by atoms with E-state index in [2.05, 4.69) is 57.0 Å². The Bertz CT molecular complexity index is 686. The normalized spacial score (nSPS) is 20.6. The number of hydrogen-bond acceptors (Lipinski definition) is 4. The summed E-state index contributed by atoms with van der Waals surface area (Å²) in [5, 5.41) is 13.8. The lowest BCUT2D eigenvalue weighted by atomic mass is 9.89. The predicted octanol–water partition coefficient (Wildman–Crippen LogP) is 1.44. The first-order chi connectivity index (χ1) is 12.2. The molecule has 7 heteroatoms. The third-order valence-electron chi connectivity index (χ3n) is 4.82. The number of nitrogens with zero attached hydrogens (tertiary/aromatic N) is 4. The van der Waals surface area contributed by atoms with E-state index in [0.29, 0.717) is 24.9 Å². The molecule has 1 aliphatic rings. The van der Waals surface area contributed by atoms with Gasteiger partial charge in [0.1, 0.15) is 6.33 Å². The van der Waals surface area contributed by atoms with Crippen LogP contribution in [0.4, 0.5) is 4.79 Å². The van der Waals surface area contributed by atoms with Gasteiger partial charge in [-0.15, -0.1) is 10.2 Å². The number of carbonyl (C=O) groups is 1. The van der Waals surface area contributed by atoms with Crippen LogP contribution in [0.3, 0.4) is 0 Å². The van der Waals surface area contributed by atoms with Gasteiger partial charge in [-0.2, -0.15) is 0 Å². The number of aromatic nitrogens is 3. The highest BCUT2D eigenvalue weighted by Crippen LogP contribution is 2.31. The van der Waals surface area contributed by atoms with E-state index in [0.717, 1.165) is 25.5 Å². The molecule has 1 aliphatic heterocycles. The lowest BCUT2D eigenvalue weighted by molar-refractivity contribution is 0.237. The summed E-state index contributed by atoms with van der Waals surface area (Å²) in [6.45, 7) is 5.87. The molecule has 1 saturated heterocycles. The standard InChI is InChI=1S/C18H26N6O/c1-3-24-13-21-22-17(24)10-20-18(25)19-9-15-11-23(2)12-16(15)14-7-5-4-6-8-14/h4-8,13,15-16H,3,9-12H2,1-2H3,(H2,19,20,25)/t15-,16+/m1/s1. The molecule has 134 valence electrons. The number of amides is 2. The van der Waals surface area contributed by atoms with Crippen molar-refractivity contribution in [1.82, 2.24) is 30.3 Å². The quantitative estimate of drug-likeness (QED) is 0.833. The van der Waals surface area contributed by atoms with Gasteiger partial charge >= 0.3 is 6.03 Å². The average molecular weight is 342 g/mol. The highest BCUT2D eigenvalue weighted by molar-refractivity contribution is 5.73. The largest absolute Gasteiger partial charge is 0.338 e. The van der Waals surface area contributed by atoms with E-state index in [9.17, 15) is 4.79 Å². The molecule has 1 aromatic heterocycles. The van der Waals surface area contributed by atoms with E-state index in [1.165, 1.54) is 5.56 Å². The van der Waals surface area contributed by atoms with Crippen LogP contribution in [0.1, 0.15) is 24.2 Å². The number of urea groups is 1. The smallest absolute Gasteiger partial charge is 0.315 e. The van der Waals surface area contributed by atoms with Crippen LogP contribution in [0.15, 0.2) is 36.7 Å². The molecule has 2 amide bonds. The molecule has 25 heavy (non-hydrogen) atoms. The maximum Gasteiger partial charge on any atom is 0.315 e. The maximum atomic E-state index is 12.1. The number of rotatable bonds is 6. The zero-order valence-corrected chi connectivity index (χ0v) is 14.9. The Labute approximate surface area is 148 Å². The molecule has 0 saturated carbocycles. The zero-order valence-electron chi connectivity index (χ0n) is 14.9. The van der Waals surface area contributed by atoms with E-state index < -0.39 is 0 Å². The molecule has 3 rings (SSSR count). The van der Waals surface area contributed by atoms with Crippen molar-refractivity contribution in [2.24, 2.45) is 5.92 Å². The minimum absolute atomic E-state index is 0.160. The van der Waals surface area contributed by atoms with Crippen molar-refractivity contribution in [3.63, 3.8) is 0 Å². The number of nitrogens with one attached hydrogen (secondary N) is 2. The molecule has 2 N–H and O–H groups in total. The second kappa shape index (κ2) is 8.11. The molecule has 0 bridgehead atoms. The molecule has 0 radical (unpaired) electrons. The Morgan fingerprint density at radius 1 is 1.24 bits per heavy atom. The fourth-order valence-electron chi connectivity index (χ4n) is 3.50. The van der Waals surface area contributed by atoms with Crippen LogP contribution in [0.5, 0.6) is 0 Å². The molecular weight excluding hydrogens is 316 g/mol. The molecule has 0 unspecified atom stereocenters. The summed E-state index contributed by atoms with van der Waals surface area (Å²) in [4.78, 5) is 14.5. The lowest BCUT2D eigenvalue weighted by Crippen LogP contribution is -2.39. The van der Waals surface area contributed by atoms with Gasteiger partial charge in [-0.3, -0.25) is 0 Å². The van der Waals surface area contributed by atoms with Gasteiger partial charge in [0.25, 0.3) is 0 Å². The van der Waals surface area contributed by atoms with Gasteiger partial charge in [0.15, 0.2) is 5.82 Å². The molecule has 2 heterocycles. The number of hydrogen-bond donors (Lipinski definition) is 2. The molecule has 1 aromatic carbocycles. The van der Waals surface area contributed by atoms with E-state index in [1.807, 2.05) is 17.6 Å². The number of aryl methyl sites for hydroxylation is 1. The Morgan fingerprint density at radius 2 is 2.04 bits per heavy atom. The molecule has 2 aromatic rings. The van der Waals surface area contributed by atoms with Gasteiger partial charge in [0.2, 0.25) is 0 Å². The van der Waals surface area contributed by atoms with Crippen LogP contribution in [0, 0.1) is 5.92 Å². The topological polar surface area (TPSA) is 75.1 Å². The fraction of sp³-hybridized carbons (Fsp3) is 0.500. The third-order valence-corrected chi connectivity index (χ3v) is 4.82. The first kappa shape index (κ1) is 17.4. The van der Waals surface area contributed by atoms with Crippen molar-refractivity contribution < 1.29 is 4.79 Å².